The quantitative estimate of drug-likeness (QED) is 0.771. The van der Waals surface area contributed by atoms with Gasteiger partial charge in [-0.3, -0.25) is 4.98 Å². The minimum absolute atomic E-state index is 0.676. The van der Waals surface area contributed by atoms with Crippen LogP contribution < -0.4 is 0 Å². The summed E-state index contributed by atoms with van der Waals surface area (Å²) in [5, 5.41) is 12.1. The average Bonchev–Trinajstić information content (AvgIpc) is 2.64. The normalized spacial score (nSPS) is 19.6. The molecule has 0 radical (unpaired) electrons. The van der Waals surface area contributed by atoms with Gasteiger partial charge in [-0.05, 0) is 18.9 Å². The van der Waals surface area contributed by atoms with Gasteiger partial charge in [-0.15, -0.1) is 0 Å². The van der Waals surface area contributed by atoms with Gasteiger partial charge in [0.2, 0.25) is 0 Å². The maximum Gasteiger partial charge on any atom is 0.0917 e. The van der Waals surface area contributed by atoms with Crippen molar-refractivity contribution < 1.29 is 5.11 Å². The van der Waals surface area contributed by atoms with Gasteiger partial charge in [0.05, 0.1) is 11.1 Å². The van der Waals surface area contributed by atoms with E-state index in [1.54, 1.807) is 0 Å². The molecule has 1 N–H and O–H groups in total. The van der Waals surface area contributed by atoms with Crippen LogP contribution in [0.15, 0.2) is 36.5 Å². The lowest BCUT2D eigenvalue weighted by atomic mass is 9.85. The summed E-state index contributed by atoms with van der Waals surface area (Å²) < 4.78 is 0. The summed E-state index contributed by atoms with van der Waals surface area (Å²) in [4.78, 5) is 4.47. The maximum atomic E-state index is 11.0. The Morgan fingerprint density at radius 3 is 2.44 bits per heavy atom. The largest absolute Gasteiger partial charge is 0.385 e. The molecule has 1 aliphatic carbocycles. The molecule has 2 aromatic rings. The highest BCUT2D eigenvalue weighted by molar-refractivity contribution is 5.82. The number of fused-ring (bicyclic) bond motifs is 1. The van der Waals surface area contributed by atoms with Crippen LogP contribution in [0.2, 0.25) is 0 Å². The smallest absolute Gasteiger partial charge is 0.0917 e. The van der Waals surface area contributed by atoms with E-state index in [4.69, 9.17) is 0 Å². The highest BCUT2D eigenvalue weighted by atomic mass is 16.3. The van der Waals surface area contributed by atoms with E-state index in [0.717, 1.165) is 42.1 Å². The van der Waals surface area contributed by atoms with Crippen molar-refractivity contribution in [1.82, 2.24) is 4.98 Å². The van der Waals surface area contributed by atoms with Crippen LogP contribution in [-0.2, 0) is 5.60 Å². The zero-order chi connectivity index (χ0) is 12.4. The van der Waals surface area contributed by atoms with E-state index in [0.29, 0.717) is 0 Å². The fraction of sp³-hybridized carbons (Fsp3) is 0.438. The Balaban J connectivity index is 2.12. The molecule has 0 amide bonds. The van der Waals surface area contributed by atoms with Crippen molar-refractivity contribution in [2.75, 3.05) is 0 Å². The Hall–Kier alpha value is -1.41. The van der Waals surface area contributed by atoms with E-state index in [1.165, 1.54) is 12.8 Å². The predicted molar refractivity (Wildman–Crippen MR) is 73.3 cm³/mol. The first-order valence-electron chi connectivity index (χ1n) is 6.86. The third kappa shape index (κ3) is 2.01. The average molecular weight is 241 g/mol. The molecule has 1 saturated carbocycles. The highest BCUT2D eigenvalue weighted by Crippen LogP contribution is 2.38. The Kier molecular flexibility index (Phi) is 3.04. The number of rotatable bonds is 1. The summed E-state index contributed by atoms with van der Waals surface area (Å²) in [7, 11) is 0. The molecule has 3 rings (SSSR count). The first-order chi connectivity index (χ1) is 8.80. The zero-order valence-electron chi connectivity index (χ0n) is 10.6. The fourth-order valence-electron chi connectivity index (χ4n) is 3.06. The second kappa shape index (κ2) is 4.69. The van der Waals surface area contributed by atoms with E-state index in [9.17, 15) is 5.11 Å². The van der Waals surface area contributed by atoms with Gasteiger partial charge >= 0.3 is 0 Å². The van der Waals surface area contributed by atoms with Gasteiger partial charge in [-0.25, -0.2) is 0 Å². The molecule has 0 spiro atoms. The van der Waals surface area contributed by atoms with Crippen LogP contribution in [0.1, 0.15) is 44.1 Å². The van der Waals surface area contributed by atoms with Crippen LogP contribution in [0.25, 0.3) is 10.9 Å². The molecule has 1 fully saturated rings. The van der Waals surface area contributed by atoms with E-state index < -0.39 is 5.60 Å². The summed E-state index contributed by atoms with van der Waals surface area (Å²) in [6.45, 7) is 0. The van der Waals surface area contributed by atoms with Crippen molar-refractivity contribution in [2.45, 2.75) is 44.1 Å². The van der Waals surface area contributed by atoms with Crippen LogP contribution in [-0.4, -0.2) is 10.1 Å². The van der Waals surface area contributed by atoms with Crippen molar-refractivity contribution in [3.63, 3.8) is 0 Å². The minimum Gasteiger partial charge on any atom is -0.385 e. The summed E-state index contributed by atoms with van der Waals surface area (Å²) in [6.07, 6.45) is 8.23. The standard InChI is InChI=1S/C16H19NO/c18-16(10-3-1-2-4-11-16)14-9-5-7-13-8-6-12-17-15(13)14/h5-9,12,18H,1-4,10-11H2. The molecule has 18 heavy (non-hydrogen) atoms. The Morgan fingerprint density at radius 1 is 0.944 bits per heavy atom. The van der Waals surface area contributed by atoms with Crippen LogP contribution in [0.4, 0.5) is 0 Å². The second-order valence-electron chi connectivity index (χ2n) is 5.33. The molecule has 0 atom stereocenters. The first-order valence-corrected chi connectivity index (χ1v) is 6.86. The van der Waals surface area contributed by atoms with E-state index in [2.05, 4.69) is 17.1 Å². The molecule has 0 unspecified atom stereocenters. The lowest BCUT2D eigenvalue weighted by Crippen LogP contribution is -2.25. The van der Waals surface area contributed by atoms with Gasteiger partial charge in [0.25, 0.3) is 0 Å². The molecule has 94 valence electrons. The Labute approximate surface area is 108 Å². The minimum atomic E-state index is -0.676. The monoisotopic (exact) mass is 241 g/mol. The SMILES string of the molecule is OC1(c2cccc3cccnc23)CCCCCC1. The van der Waals surface area contributed by atoms with Gasteiger partial charge in [-0.2, -0.15) is 0 Å². The lowest BCUT2D eigenvalue weighted by Gasteiger charge is -2.28. The summed E-state index contributed by atoms with van der Waals surface area (Å²) in [5.74, 6) is 0. The highest BCUT2D eigenvalue weighted by Gasteiger charge is 2.31. The predicted octanol–water partition coefficient (Wildman–Crippen LogP) is 3.78. The number of nitrogens with zero attached hydrogens (tertiary/aromatic N) is 1. The third-order valence-corrected chi connectivity index (χ3v) is 4.06. The third-order valence-electron chi connectivity index (χ3n) is 4.06. The molecule has 1 heterocycles. The molecule has 1 aliphatic rings. The fourth-order valence-corrected chi connectivity index (χ4v) is 3.06. The van der Waals surface area contributed by atoms with Crippen LogP contribution >= 0.6 is 0 Å². The number of aromatic nitrogens is 1. The van der Waals surface area contributed by atoms with Gasteiger partial charge < -0.3 is 5.11 Å². The Morgan fingerprint density at radius 2 is 1.67 bits per heavy atom. The number of hydrogen-bond donors (Lipinski definition) is 1. The van der Waals surface area contributed by atoms with Crippen molar-refractivity contribution in [2.24, 2.45) is 0 Å². The van der Waals surface area contributed by atoms with Crippen molar-refractivity contribution in [3.05, 3.63) is 42.1 Å². The van der Waals surface area contributed by atoms with Crippen molar-refractivity contribution >= 4 is 10.9 Å². The zero-order valence-corrected chi connectivity index (χ0v) is 10.6. The molecule has 1 aromatic carbocycles. The summed E-state index contributed by atoms with van der Waals surface area (Å²) >= 11 is 0. The number of pyridine rings is 1. The number of aliphatic hydroxyl groups is 1. The lowest BCUT2D eigenvalue weighted by molar-refractivity contribution is 0.0220. The van der Waals surface area contributed by atoms with Gasteiger partial charge in [0, 0.05) is 17.1 Å². The van der Waals surface area contributed by atoms with Crippen LogP contribution in [0.3, 0.4) is 0 Å². The number of benzene rings is 1. The first kappa shape index (κ1) is 11.7. The summed E-state index contributed by atoms with van der Waals surface area (Å²) in [5.41, 5.74) is 1.30. The van der Waals surface area contributed by atoms with Crippen molar-refractivity contribution in [1.29, 1.82) is 0 Å². The molecule has 0 bridgehead atoms. The molecule has 2 nitrogen and oxygen atoms in total. The van der Waals surface area contributed by atoms with Gasteiger partial charge in [0.15, 0.2) is 0 Å². The number of hydrogen-bond acceptors (Lipinski definition) is 2. The van der Waals surface area contributed by atoms with E-state index in [-0.39, 0.29) is 0 Å². The van der Waals surface area contributed by atoms with E-state index >= 15 is 0 Å². The molecular formula is C16H19NO. The molecular weight excluding hydrogens is 222 g/mol. The summed E-state index contributed by atoms with van der Waals surface area (Å²) in [6, 6.07) is 10.1. The topological polar surface area (TPSA) is 33.1 Å². The van der Waals surface area contributed by atoms with E-state index in [1.807, 2.05) is 24.4 Å². The van der Waals surface area contributed by atoms with Gasteiger partial charge in [0.1, 0.15) is 0 Å². The van der Waals surface area contributed by atoms with Crippen molar-refractivity contribution in [3.8, 4) is 0 Å². The molecule has 0 saturated heterocycles. The molecule has 1 aromatic heterocycles. The number of para-hydroxylation sites is 1. The maximum absolute atomic E-state index is 11.0. The Bertz CT molecular complexity index is 536. The molecule has 2 heteroatoms. The molecule has 0 aliphatic heterocycles. The van der Waals surface area contributed by atoms with Crippen LogP contribution in [0, 0.1) is 0 Å². The van der Waals surface area contributed by atoms with Crippen LogP contribution in [0.5, 0.6) is 0 Å². The second-order valence-corrected chi connectivity index (χ2v) is 5.33. The van der Waals surface area contributed by atoms with Gasteiger partial charge in [-0.1, -0.05) is 49.9 Å².